The maximum atomic E-state index is 5.06. The molecule has 0 aliphatic heterocycles. The lowest BCUT2D eigenvalue weighted by Gasteiger charge is -2.22. The molecule has 0 aromatic heterocycles. The quantitative estimate of drug-likeness (QED) is 0.704. The van der Waals surface area contributed by atoms with Gasteiger partial charge in [0.05, 0.1) is 12.3 Å². The standard InChI is InChI=1S/C14H20N2O/c1-11-6-7-14(15-3)13(10-11)12(2)16(4)8-9-17-5/h6-7,10H,2-3,8-9H2,1,4-5H3. The van der Waals surface area contributed by atoms with E-state index in [4.69, 9.17) is 4.74 Å². The number of aliphatic imine (C=N–C) groups is 1. The van der Waals surface area contributed by atoms with Crippen LogP contribution in [0.15, 0.2) is 29.8 Å². The van der Waals surface area contributed by atoms with E-state index >= 15 is 0 Å². The Hall–Kier alpha value is -1.61. The average molecular weight is 232 g/mol. The number of nitrogens with zero attached hydrogens (tertiary/aromatic N) is 2. The van der Waals surface area contributed by atoms with E-state index in [9.17, 15) is 0 Å². The Morgan fingerprint density at radius 1 is 1.47 bits per heavy atom. The zero-order chi connectivity index (χ0) is 12.8. The highest BCUT2D eigenvalue weighted by atomic mass is 16.5. The molecule has 0 radical (unpaired) electrons. The van der Waals surface area contributed by atoms with Crippen LogP contribution in [-0.2, 0) is 4.74 Å². The van der Waals surface area contributed by atoms with E-state index in [1.54, 1.807) is 7.11 Å². The van der Waals surface area contributed by atoms with Crippen LogP contribution in [-0.4, -0.2) is 38.9 Å². The van der Waals surface area contributed by atoms with Gasteiger partial charge >= 0.3 is 0 Å². The van der Waals surface area contributed by atoms with E-state index in [0.717, 1.165) is 23.5 Å². The van der Waals surface area contributed by atoms with Crippen molar-refractivity contribution in [1.29, 1.82) is 0 Å². The number of benzene rings is 1. The summed E-state index contributed by atoms with van der Waals surface area (Å²) in [5.41, 5.74) is 4.02. The van der Waals surface area contributed by atoms with Crippen molar-refractivity contribution in [1.82, 2.24) is 4.90 Å². The van der Waals surface area contributed by atoms with Gasteiger partial charge in [-0.3, -0.25) is 4.99 Å². The van der Waals surface area contributed by atoms with Crippen LogP contribution in [0.1, 0.15) is 11.1 Å². The fraction of sp³-hybridized carbons (Fsp3) is 0.357. The predicted molar refractivity (Wildman–Crippen MR) is 73.9 cm³/mol. The Balaban J connectivity index is 2.94. The van der Waals surface area contributed by atoms with Crippen LogP contribution in [0.5, 0.6) is 0 Å². The van der Waals surface area contributed by atoms with Gasteiger partial charge in [-0.25, -0.2) is 0 Å². The van der Waals surface area contributed by atoms with E-state index in [1.807, 2.05) is 19.2 Å². The van der Waals surface area contributed by atoms with Gasteiger partial charge in [-0.1, -0.05) is 18.2 Å². The Morgan fingerprint density at radius 2 is 2.18 bits per heavy atom. The van der Waals surface area contributed by atoms with Crippen molar-refractivity contribution >= 4 is 18.1 Å². The van der Waals surface area contributed by atoms with Gasteiger partial charge in [0, 0.05) is 32.0 Å². The minimum absolute atomic E-state index is 0.679. The second kappa shape index (κ2) is 6.21. The number of aryl methyl sites for hydroxylation is 1. The number of likely N-dealkylation sites (N-methyl/N-ethyl adjacent to an activating group) is 1. The van der Waals surface area contributed by atoms with E-state index in [2.05, 4.69) is 36.2 Å². The van der Waals surface area contributed by atoms with Gasteiger partial charge in [0.1, 0.15) is 0 Å². The third kappa shape index (κ3) is 3.43. The van der Waals surface area contributed by atoms with Crippen LogP contribution in [0.3, 0.4) is 0 Å². The van der Waals surface area contributed by atoms with E-state index in [0.29, 0.717) is 6.61 Å². The molecule has 0 N–H and O–H groups in total. The molecule has 1 aromatic carbocycles. The summed E-state index contributed by atoms with van der Waals surface area (Å²) < 4.78 is 5.06. The van der Waals surface area contributed by atoms with Crippen LogP contribution in [0.4, 0.5) is 5.69 Å². The van der Waals surface area contributed by atoms with Gasteiger partial charge in [0.15, 0.2) is 0 Å². The van der Waals surface area contributed by atoms with E-state index in [-0.39, 0.29) is 0 Å². The molecule has 0 aliphatic carbocycles. The molecule has 3 nitrogen and oxygen atoms in total. The predicted octanol–water partition coefficient (Wildman–Crippen LogP) is 2.88. The molecule has 0 unspecified atom stereocenters. The van der Waals surface area contributed by atoms with Crippen molar-refractivity contribution in [3.8, 4) is 0 Å². The SMILES string of the molecule is C=Nc1ccc(C)cc1C(=C)N(C)CCOC. The number of hydrogen-bond donors (Lipinski definition) is 0. The zero-order valence-electron chi connectivity index (χ0n) is 10.9. The molecule has 1 aromatic rings. The highest BCUT2D eigenvalue weighted by molar-refractivity contribution is 5.73. The third-order valence-corrected chi connectivity index (χ3v) is 2.72. The molecular weight excluding hydrogens is 212 g/mol. The maximum absolute atomic E-state index is 5.06. The summed E-state index contributed by atoms with van der Waals surface area (Å²) in [6.07, 6.45) is 0. The molecule has 0 aliphatic rings. The summed E-state index contributed by atoms with van der Waals surface area (Å²) in [4.78, 5) is 6.09. The topological polar surface area (TPSA) is 24.8 Å². The van der Waals surface area contributed by atoms with Crippen molar-refractivity contribution < 1.29 is 4.74 Å². The first kappa shape index (κ1) is 13.5. The van der Waals surface area contributed by atoms with Crippen molar-refractivity contribution in [2.45, 2.75) is 6.92 Å². The minimum Gasteiger partial charge on any atom is -0.383 e. The molecule has 17 heavy (non-hydrogen) atoms. The largest absolute Gasteiger partial charge is 0.383 e. The Labute approximate surface area is 103 Å². The second-order valence-corrected chi connectivity index (χ2v) is 4.04. The van der Waals surface area contributed by atoms with Gasteiger partial charge in [0.25, 0.3) is 0 Å². The van der Waals surface area contributed by atoms with Crippen molar-refractivity contribution in [2.75, 3.05) is 27.3 Å². The Morgan fingerprint density at radius 3 is 2.76 bits per heavy atom. The van der Waals surface area contributed by atoms with Crippen LogP contribution in [0.2, 0.25) is 0 Å². The molecule has 92 valence electrons. The lowest BCUT2D eigenvalue weighted by atomic mass is 10.1. The summed E-state index contributed by atoms with van der Waals surface area (Å²) in [6, 6.07) is 6.07. The maximum Gasteiger partial charge on any atom is 0.0715 e. The molecule has 0 atom stereocenters. The fourth-order valence-corrected chi connectivity index (χ4v) is 1.59. The number of methoxy groups -OCH3 is 1. The van der Waals surface area contributed by atoms with Crippen LogP contribution in [0, 0.1) is 6.92 Å². The smallest absolute Gasteiger partial charge is 0.0715 e. The Bertz CT molecular complexity index is 413. The minimum atomic E-state index is 0.679. The fourth-order valence-electron chi connectivity index (χ4n) is 1.59. The lowest BCUT2D eigenvalue weighted by molar-refractivity contribution is 0.180. The highest BCUT2D eigenvalue weighted by Gasteiger charge is 2.09. The van der Waals surface area contributed by atoms with E-state index < -0.39 is 0 Å². The summed E-state index contributed by atoms with van der Waals surface area (Å²) in [5.74, 6) is 0. The number of ether oxygens (including phenoxy) is 1. The second-order valence-electron chi connectivity index (χ2n) is 4.04. The van der Waals surface area contributed by atoms with Gasteiger partial charge in [-0.15, -0.1) is 0 Å². The third-order valence-electron chi connectivity index (χ3n) is 2.72. The number of hydrogen-bond acceptors (Lipinski definition) is 3. The Kier molecular flexibility index (Phi) is 4.91. The summed E-state index contributed by atoms with van der Waals surface area (Å²) >= 11 is 0. The first-order valence-electron chi connectivity index (χ1n) is 5.57. The molecule has 0 heterocycles. The number of rotatable bonds is 6. The normalized spacial score (nSPS) is 10.1. The highest BCUT2D eigenvalue weighted by Crippen LogP contribution is 2.27. The monoisotopic (exact) mass is 232 g/mol. The van der Waals surface area contributed by atoms with Gasteiger partial charge in [0.2, 0.25) is 0 Å². The van der Waals surface area contributed by atoms with E-state index in [1.165, 1.54) is 5.56 Å². The van der Waals surface area contributed by atoms with Crippen LogP contribution >= 0.6 is 0 Å². The molecule has 0 amide bonds. The summed E-state index contributed by atoms with van der Waals surface area (Å²) in [6.45, 7) is 11.2. The first-order valence-corrected chi connectivity index (χ1v) is 5.57. The molecule has 0 saturated heterocycles. The van der Waals surface area contributed by atoms with Gasteiger partial charge in [-0.05, 0) is 25.8 Å². The van der Waals surface area contributed by atoms with Crippen LogP contribution in [0.25, 0.3) is 5.70 Å². The average Bonchev–Trinajstić information content (AvgIpc) is 2.34. The zero-order valence-corrected chi connectivity index (χ0v) is 10.9. The molecule has 0 bridgehead atoms. The molecule has 0 saturated carbocycles. The molecule has 0 spiro atoms. The first-order chi connectivity index (χ1) is 8.10. The summed E-state index contributed by atoms with van der Waals surface area (Å²) in [7, 11) is 3.69. The van der Waals surface area contributed by atoms with Crippen molar-refractivity contribution in [3.05, 3.63) is 35.9 Å². The lowest BCUT2D eigenvalue weighted by Crippen LogP contribution is -2.20. The van der Waals surface area contributed by atoms with Crippen molar-refractivity contribution in [3.63, 3.8) is 0 Å². The molecule has 1 rings (SSSR count). The molecule has 3 heteroatoms. The molecular formula is C14H20N2O. The van der Waals surface area contributed by atoms with Gasteiger partial charge in [-0.2, -0.15) is 0 Å². The summed E-state index contributed by atoms with van der Waals surface area (Å²) in [5, 5.41) is 0. The molecule has 0 fully saturated rings. The van der Waals surface area contributed by atoms with Crippen LogP contribution < -0.4 is 0 Å². The van der Waals surface area contributed by atoms with Crippen molar-refractivity contribution in [2.24, 2.45) is 4.99 Å². The van der Waals surface area contributed by atoms with Gasteiger partial charge < -0.3 is 9.64 Å².